The van der Waals surface area contributed by atoms with Crippen molar-refractivity contribution in [2.24, 2.45) is 0 Å². The number of aliphatic hydroxyl groups excluding tert-OH is 1. The largest absolute Gasteiger partial charge is 0.619 e. The molecule has 1 atom stereocenters. The molecule has 1 amide bonds. The highest BCUT2D eigenvalue weighted by Gasteiger charge is 2.15. The maximum Gasteiger partial charge on any atom is 0.257 e. The second kappa shape index (κ2) is 5.97. The zero-order valence-corrected chi connectivity index (χ0v) is 10.2. The summed E-state index contributed by atoms with van der Waals surface area (Å²) >= 11 is 0. The number of hydrogen-bond donors (Lipinski definition) is 2. The van der Waals surface area contributed by atoms with Gasteiger partial charge in [0.25, 0.3) is 5.91 Å². The number of nitrogens with zero attached hydrogens (tertiary/aromatic N) is 1. The predicted octanol–water partition coefficient (Wildman–Crippen LogP) is 0.783. The first-order valence-corrected chi connectivity index (χ1v) is 5.86. The number of aromatic nitrogens is 1. The molecule has 5 heteroatoms. The lowest BCUT2D eigenvalue weighted by molar-refractivity contribution is -0.605. The first-order valence-electron chi connectivity index (χ1n) is 5.86. The van der Waals surface area contributed by atoms with Crippen molar-refractivity contribution in [2.45, 2.75) is 6.04 Å². The van der Waals surface area contributed by atoms with Gasteiger partial charge in [-0.2, -0.15) is 4.73 Å². The number of nitrogens with one attached hydrogen (secondary N) is 1. The third-order valence-electron chi connectivity index (χ3n) is 2.73. The molecule has 5 nitrogen and oxygen atoms in total. The minimum atomic E-state index is -0.492. The van der Waals surface area contributed by atoms with Crippen LogP contribution in [0.5, 0.6) is 0 Å². The highest BCUT2D eigenvalue weighted by Crippen LogP contribution is 2.12. The van der Waals surface area contributed by atoms with Gasteiger partial charge in [0.2, 0.25) is 0 Å². The summed E-state index contributed by atoms with van der Waals surface area (Å²) in [6, 6.07) is 11.7. The van der Waals surface area contributed by atoms with Crippen LogP contribution < -0.4 is 10.0 Å². The van der Waals surface area contributed by atoms with E-state index in [2.05, 4.69) is 5.32 Å². The SMILES string of the molecule is O=C(N[C@H](CO)c1ccccc1)c1ccc[n+]([O-])c1. The molecule has 0 unspecified atom stereocenters. The van der Waals surface area contributed by atoms with E-state index in [0.717, 1.165) is 5.56 Å². The Morgan fingerprint density at radius 1 is 1.26 bits per heavy atom. The molecule has 2 rings (SSSR count). The molecule has 1 heterocycles. The summed E-state index contributed by atoms with van der Waals surface area (Å²) in [7, 11) is 0. The molecule has 0 bridgehead atoms. The van der Waals surface area contributed by atoms with E-state index in [1.54, 1.807) is 6.07 Å². The molecule has 0 spiro atoms. The van der Waals surface area contributed by atoms with Crippen LogP contribution in [-0.2, 0) is 0 Å². The zero-order chi connectivity index (χ0) is 13.7. The van der Waals surface area contributed by atoms with Crippen LogP contribution >= 0.6 is 0 Å². The van der Waals surface area contributed by atoms with Gasteiger partial charge < -0.3 is 15.6 Å². The molecule has 1 aromatic heterocycles. The van der Waals surface area contributed by atoms with Crippen LogP contribution in [0.2, 0.25) is 0 Å². The Morgan fingerprint density at radius 2 is 2.00 bits per heavy atom. The van der Waals surface area contributed by atoms with Crippen LogP contribution in [0.4, 0.5) is 0 Å². The van der Waals surface area contributed by atoms with Crippen molar-refractivity contribution >= 4 is 5.91 Å². The Kier molecular flexibility index (Phi) is 4.10. The number of benzene rings is 1. The summed E-state index contributed by atoms with van der Waals surface area (Å²) in [5, 5.41) is 23.1. The second-order valence-electron chi connectivity index (χ2n) is 4.07. The van der Waals surface area contributed by atoms with E-state index in [1.165, 1.54) is 18.5 Å². The van der Waals surface area contributed by atoms with Crippen molar-refractivity contribution < 1.29 is 14.6 Å². The molecular formula is C14H14N2O3. The Morgan fingerprint density at radius 3 is 2.63 bits per heavy atom. The Hall–Kier alpha value is -2.40. The lowest BCUT2D eigenvalue weighted by Gasteiger charge is -2.16. The molecule has 2 N–H and O–H groups in total. The number of carbonyl (C=O) groups excluding carboxylic acids is 1. The monoisotopic (exact) mass is 258 g/mol. The van der Waals surface area contributed by atoms with E-state index in [0.29, 0.717) is 4.73 Å². The summed E-state index contributed by atoms with van der Waals surface area (Å²) < 4.78 is 0.561. The third-order valence-corrected chi connectivity index (χ3v) is 2.73. The lowest BCUT2D eigenvalue weighted by Crippen LogP contribution is -2.33. The fourth-order valence-electron chi connectivity index (χ4n) is 1.75. The van der Waals surface area contributed by atoms with Gasteiger partial charge in [-0.25, -0.2) is 0 Å². The average Bonchev–Trinajstić information content (AvgIpc) is 2.45. The molecule has 0 aliphatic rings. The lowest BCUT2D eigenvalue weighted by atomic mass is 10.1. The standard InChI is InChI=1S/C14H14N2O3/c17-10-13(11-5-2-1-3-6-11)15-14(18)12-7-4-8-16(19)9-12/h1-9,13,17H,10H2,(H,15,18)/t13-/m1/s1. The maximum absolute atomic E-state index is 12.0. The van der Waals surface area contributed by atoms with Crippen molar-refractivity contribution in [2.75, 3.05) is 6.61 Å². The molecule has 0 saturated heterocycles. The summed E-state index contributed by atoms with van der Waals surface area (Å²) in [6.45, 7) is -0.208. The first kappa shape index (κ1) is 13.0. The van der Waals surface area contributed by atoms with Crippen molar-refractivity contribution in [3.05, 3.63) is 71.2 Å². The molecule has 0 fully saturated rings. The quantitative estimate of drug-likeness (QED) is 0.628. The van der Waals surface area contributed by atoms with Gasteiger partial charge in [-0.15, -0.1) is 0 Å². The van der Waals surface area contributed by atoms with Gasteiger partial charge in [-0.05, 0) is 11.6 Å². The highest BCUT2D eigenvalue weighted by molar-refractivity contribution is 5.93. The van der Waals surface area contributed by atoms with E-state index < -0.39 is 11.9 Å². The Labute approximate surface area is 110 Å². The fraction of sp³-hybridized carbons (Fsp3) is 0.143. The van der Waals surface area contributed by atoms with Gasteiger partial charge in [0.1, 0.15) is 5.56 Å². The molecule has 0 aliphatic heterocycles. The number of hydrogen-bond acceptors (Lipinski definition) is 3. The number of amides is 1. The molecule has 0 aliphatic carbocycles. The van der Waals surface area contributed by atoms with Crippen LogP contribution in [0.1, 0.15) is 22.0 Å². The number of carbonyl (C=O) groups is 1. The van der Waals surface area contributed by atoms with E-state index >= 15 is 0 Å². The smallest absolute Gasteiger partial charge is 0.257 e. The number of rotatable bonds is 4. The van der Waals surface area contributed by atoms with E-state index in [1.807, 2.05) is 30.3 Å². The van der Waals surface area contributed by atoms with E-state index in [4.69, 9.17) is 0 Å². The molecule has 1 aromatic carbocycles. The van der Waals surface area contributed by atoms with Gasteiger partial charge >= 0.3 is 0 Å². The number of pyridine rings is 1. The summed E-state index contributed by atoms with van der Waals surface area (Å²) in [6.07, 6.45) is 2.49. The third kappa shape index (κ3) is 3.29. The second-order valence-corrected chi connectivity index (χ2v) is 4.07. The number of aliphatic hydroxyl groups is 1. The van der Waals surface area contributed by atoms with Crippen LogP contribution in [-0.4, -0.2) is 17.6 Å². The van der Waals surface area contributed by atoms with Gasteiger partial charge in [0.05, 0.1) is 12.6 Å². The van der Waals surface area contributed by atoms with Crippen LogP contribution in [0.3, 0.4) is 0 Å². The minimum absolute atomic E-state index is 0.208. The van der Waals surface area contributed by atoms with Crippen molar-refractivity contribution in [1.82, 2.24) is 5.32 Å². The molecule has 2 aromatic rings. The van der Waals surface area contributed by atoms with Gasteiger partial charge in [0, 0.05) is 6.07 Å². The summed E-state index contributed by atoms with van der Waals surface area (Å²) in [5.74, 6) is -0.395. The Bertz CT molecular complexity index is 558. The van der Waals surface area contributed by atoms with Gasteiger partial charge in [0.15, 0.2) is 12.4 Å². The molecule has 0 radical (unpaired) electrons. The average molecular weight is 258 g/mol. The van der Waals surface area contributed by atoms with Crippen molar-refractivity contribution in [3.8, 4) is 0 Å². The highest BCUT2D eigenvalue weighted by atomic mass is 16.5. The summed E-state index contributed by atoms with van der Waals surface area (Å²) in [4.78, 5) is 12.0. The van der Waals surface area contributed by atoms with Gasteiger partial charge in [-0.1, -0.05) is 30.3 Å². The van der Waals surface area contributed by atoms with Crippen LogP contribution in [0, 0.1) is 5.21 Å². The zero-order valence-electron chi connectivity index (χ0n) is 10.2. The van der Waals surface area contributed by atoms with E-state index in [-0.39, 0.29) is 12.2 Å². The van der Waals surface area contributed by atoms with E-state index in [9.17, 15) is 15.1 Å². The first-order chi connectivity index (χ1) is 9.20. The van der Waals surface area contributed by atoms with Gasteiger partial charge in [-0.3, -0.25) is 4.79 Å². The van der Waals surface area contributed by atoms with Crippen LogP contribution in [0.25, 0.3) is 0 Å². The topological polar surface area (TPSA) is 76.3 Å². The predicted molar refractivity (Wildman–Crippen MR) is 69.1 cm³/mol. The molecule has 0 saturated carbocycles. The molecule has 98 valence electrons. The molecule has 19 heavy (non-hydrogen) atoms. The van der Waals surface area contributed by atoms with Crippen molar-refractivity contribution in [3.63, 3.8) is 0 Å². The molecular weight excluding hydrogens is 244 g/mol. The normalized spacial score (nSPS) is 11.8. The maximum atomic E-state index is 12.0. The summed E-state index contributed by atoms with van der Waals surface area (Å²) in [5.41, 5.74) is 1.07. The van der Waals surface area contributed by atoms with Crippen LogP contribution in [0.15, 0.2) is 54.9 Å². The minimum Gasteiger partial charge on any atom is -0.619 e. The fourth-order valence-corrected chi connectivity index (χ4v) is 1.75. The Balaban J connectivity index is 2.13. The van der Waals surface area contributed by atoms with Crippen molar-refractivity contribution in [1.29, 1.82) is 0 Å².